The first-order valence-corrected chi connectivity index (χ1v) is 12.4. The van der Waals surface area contributed by atoms with Crippen molar-refractivity contribution < 1.29 is 19.0 Å². The van der Waals surface area contributed by atoms with Gasteiger partial charge < -0.3 is 24.8 Å². The van der Waals surface area contributed by atoms with Crippen LogP contribution >= 0.6 is 0 Å². The molecule has 4 saturated heterocycles. The summed E-state index contributed by atoms with van der Waals surface area (Å²) in [7, 11) is 0. The number of hydrogen-bond acceptors (Lipinski definition) is 9. The Balaban J connectivity index is 1.15. The molecule has 1 amide bonds. The van der Waals surface area contributed by atoms with E-state index in [1.54, 1.807) is 18.5 Å². The van der Waals surface area contributed by atoms with E-state index in [0.29, 0.717) is 28.1 Å². The van der Waals surface area contributed by atoms with Gasteiger partial charge in [-0.05, 0) is 38.9 Å². The third-order valence-electron chi connectivity index (χ3n) is 7.62. The Kier molecular flexibility index (Phi) is 4.96. The molecule has 1 aromatic carbocycles. The summed E-state index contributed by atoms with van der Waals surface area (Å²) >= 11 is 0. The fourth-order valence-corrected chi connectivity index (χ4v) is 5.87. The molecule has 4 aliphatic heterocycles. The van der Waals surface area contributed by atoms with E-state index in [4.69, 9.17) is 14.2 Å². The molecule has 4 atom stereocenters. The average Bonchev–Trinajstić information content (AvgIpc) is 3.47. The first kappa shape index (κ1) is 22.3. The maximum Gasteiger partial charge on any atom is 0.256 e. The number of anilines is 1. The molecule has 0 radical (unpaired) electrons. The molecule has 0 saturated carbocycles. The summed E-state index contributed by atoms with van der Waals surface area (Å²) in [5.74, 6) is -0.618. The van der Waals surface area contributed by atoms with Crippen molar-refractivity contribution in [2.75, 3.05) is 31.5 Å². The zero-order valence-corrected chi connectivity index (χ0v) is 20.3. The zero-order valence-electron chi connectivity index (χ0n) is 20.3. The van der Waals surface area contributed by atoms with Crippen LogP contribution in [0.2, 0.25) is 0 Å². The number of nitrogens with one attached hydrogen (secondary N) is 2. The highest BCUT2D eigenvalue weighted by Crippen LogP contribution is 2.45. The number of amides is 1. The Morgan fingerprint density at radius 2 is 1.92 bits per heavy atom. The van der Waals surface area contributed by atoms with E-state index >= 15 is 0 Å². The molecule has 2 aromatic heterocycles. The lowest BCUT2D eigenvalue weighted by molar-refractivity contribution is -0.200. The van der Waals surface area contributed by atoms with Crippen molar-refractivity contribution in [1.29, 1.82) is 0 Å². The molecule has 0 bridgehead atoms. The molecule has 0 aliphatic carbocycles. The van der Waals surface area contributed by atoms with Crippen molar-refractivity contribution in [1.82, 2.24) is 29.7 Å². The van der Waals surface area contributed by atoms with E-state index in [0.717, 1.165) is 26.2 Å². The standard InChI is InChI=1S/C25H29N7O4/c1-24(2)35-18-16(10-31-11-25(12-31)8-9-29-25)34-23(19(18)36-24)32-14-28-17-20(26-13-27-21(17)32)30-22(33)15-6-4-3-5-7-15/h3-7,13-14,16,18-19,23,29H,8-12H2,1-2H3,(H,26,27,30,33)/t16-,18-,19-,23-/m1/s1. The molecule has 3 aromatic rings. The maximum absolute atomic E-state index is 12.7. The van der Waals surface area contributed by atoms with Crippen LogP contribution < -0.4 is 10.6 Å². The normalized spacial score (nSPS) is 30.2. The van der Waals surface area contributed by atoms with E-state index in [2.05, 4.69) is 30.5 Å². The summed E-state index contributed by atoms with van der Waals surface area (Å²) in [6.07, 6.45) is 3.22. The van der Waals surface area contributed by atoms with E-state index in [1.165, 1.54) is 12.7 Å². The first-order chi connectivity index (χ1) is 17.4. The van der Waals surface area contributed by atoms with Gasteiger partial charge in [-0.2, -0.15) is 0 Å². The van der Waals surface area contributed by atoms with Crippen molar-refractivity contribution in [2.45, 2.75) is 56.1 Å². The highest BCUT2D eigenvalue weighted by atomic mass is 16.8. The lowest BCUT2D eigenvalue weighted by Gasteiger charge is -2.57. The monoisotopic (exact) mass is 491 g/mol. The zero-order chi connectivity index (χ0) is 24.5. The maximum atomic E-state index is 12.7. The Labute approximate surface area is 208 Å². The third-order valence-corrected chi connectivity index (χ3v) is 7.62. The van der Waals surface area contributed by atoms with Gasteiger partial charge in [0.2, 0.25) is 0 Å². The van der Waals surface area contributed by atoms with Crippen LogP contribution in [0.4, 0.5) is 5.82 Å². The van der Waals surface area contributed by atoms with E-state index in [-0.39, 0.29) is 24.2 Å². The second-order valence-corrected chi connectivity index (χ2v) is 10.6. The van der Waals surface area contributed by atoms with Crippen LogP contribution in [0.5, 0.6) is 0 Å². The highest BCUT2D eigenvalue weighted by Gasteiger charge is 2.57. The summed E-state index contributed by atoms with van der Waals surface area (Å²) in [6.45, 7) is 7.81. The first-order valence-electron chi connectivity index (χ1n) is 12.4. The molecular weight excluding hydrogens is 462 g/mol. The summed E-state index contributed by atoms with van der Waals surface area (Å²) in [4.78, 5) is 28.4. The van der Waals surface area contributed by atoms with Gasteiger partial charge in [0.15, 0.2) is 29.0 Å². The van der Waals surface area contributed by atoms with Gasteiger partial charge in [-0.3, -0.25) is 14.3 Å². The third kappa shape index (κ3) is 3.61. The van der Waals surface area contributed by atoms with Gasteiger partial charge in [-0.25, -0.2) is 15.0 Å². The fourth-order valence-electron chi connectivity index (χ4n) is 5.87. The quantitative estimate of drug-likeness (QED) is 0.548. The largest absolute Gasteiger partial charge is 0.348 e. The Hall–Kier alpha value is -2.96. The number of benzene rings is 1. The smallest absolute Gasteiger partial charge is 0.256 e. The molecule has 6 heterocycles. The number of imidazole rings is 1. The summed E-state index contributed by atoms with van der Waals surface area (Å²) in [5, 5.41) is 6.42. The number of hydrogen-bond donors (Lipinski definition) is 2. The van der Waals surface area contributed by atoms with Crippen LogP contribution in [0.1, 0.15) is 36.9 Å². The van der Waals surface area contributed by atoms with Crippen LogP contribution in [-0.2, 0) is 14.2 Å². The van der Waals surface area contributed by atoms with Gasteiger partial charge in [-0.15, -0.1) is 0 Å². The number of likely N-dealkylation sites (tertiary alicyclic amines) is 1. The van der Waals surface area contributed by atoms with Gasteiger partial charge in [0, 0.05) is 30.7 Å². The molecule has 0 unspecified atom stereocenters. The van der Waals surface area contributed by atoms with Crippen molar-refractivity contribution in [2.24, 2.45) is 0 Å². The molecule has 7 rings (SSSR count). The summed E-state index contributed by atoms with van der Waals surface area (Å²) in [6, 6.07) is 9.00. The molecular formula is C25H29N7O4. The number of fused-ring (bicyclic) bond motifs is 2. The molecule has 4 aliphatic rings. The van der Waals surface area contributed by atoms with Crippen LogP contribution in [0.3, 0.4) is 0 Å². The second-order valence-electron chi connectivity index (χ2n) is 10.6. The number of ether oxygens (including phenoxy) is 3. The predicted octanol–water partition coefficient (Wildman–Crippen LogP) is 1.54. The number of carbonyl (C=O) groups is 1. The topological polar surface area (TPSA) is 116 Å². The lowest BCUT2D eigenvalue weighted by atomic mass is 9.80. The molecule has 2 N–H and O–H groups in total. The molecule has 11 heteroatoms. The summed E-state index contributed by atoms with van der Waals surface area (Å²) in [5.41, 5.74) is 1.90. The average molecular weight is 492 g/mol. The highest BCUT2D eigenvalue weighted by molar-refractivity contribution is 6.06. The molecule has 36 heavy (non-hydrogen) atoms. The summed E-state index contributed by atoms with van der Waals surface area (Å²) < 4.78 is 21.0. The number of aromatic nitrogens is 4. The van der Waals surface area contributed by atoms with E-state index < -0.39 is 12.0 Å². The molecule has 11 nitrogen and oxygen atoms in total. The van der Waals surface area contributed by atoms with Gasteiger partial charge in [0.1, 0.15) is 24.6 Å². The van der Waals surface area contributed by atoms with Crippen LogP contribution in [0.25, 0.3) is 11.2 Å². The number of rotatable bonds is 5. The van der Waals surface area contributed by atoms with Crippen LogP contribution in [0, 0.1) is 0 Å². The van der Waals surface area contributed by atoms with Crippen LogP contribution in [0.15, 0.2) is 43.0 Å². The van der Waals surface area contributed by atoms with Crippen molar-refractivity contribution in [3.05, 3.63) is 48.5 Å². The minimum absolute atomic E-state index is 0.143. The minimum Gasteiger partial charge on any atom is -0.348 e. The van der Waals surface area contributed by atoms with Crippen molar-refractivity contribution in [3.8, 4) is 0 Å². The van der Waals surface area contributed by atoms with Crippen LogP contribution in [-0.4, -0.2) is 86.1 Å². The Bertz CT molecular complexity index is 1300. The predicted molar refractivity (Wildman–Crippen MR) is 129 cm³/mol. The second kappa shape index (κ2) is 8.02. The Morgan fingerprint density at radius 3 is 2.67 bits per heavy atom. The fraction of sp³-hybridized carbons (Fsp3) is 0.520. The van der Waals surface area contributed by atoms with Gasteiger partial charge in [0.25, 0.3) is 5.91 Å². The molecule has 4 fully saturated rings. The van der Waals surface area contributed by atoms with Gasteiger partial charge in [-0.1, -0.05) is 18.2 Å². The Morgan fingerprint density at radius 1 is 1.14 bits per heavy atom. The van der Waals surface area contributed by atoms with Gasteiger partial charge >= 0.3 is 0 Å². The lowest BCUT2D eigenvalue weighted by Crippen LogP contribution is -2.76. The minimum atomic E-state index is -0.707. The van der Waals surface area contributed by atoms with Crippen molar-refractivity contribution >= 4 is 22.9 Å². The molecule has 188 valence electrons. The van der Waals surface area contributed by atoms with Gasteiger partial charge in [0.05, 0.1) is 6.33 Å². The number of carbonyl (C=O) groups excluding carboxylic acids is 1. The van der Waals surface area contributed by atoms with Crippen molar-refractivity contribution in [3.63, 3.8) is 0 Å². The van der Waals surface area contributed by atoms with E-state index in [9.17, 15) is 4.79 Å². The van der Waals surface area contributed by atoms with E-state index in [1.807, 2.05) is 36.6 Å². The SMILES string of the molecule is CC1(C)O[C@@H]2[C@H](O1)[C@@H](CN1CC3(CCN3)C1)O[C@H]2n1cnc2c(NC(=O)c3ccccc3)ncnc21. The molecule has 1 spiro atoms. The number of nitrogens with zero attached hydrogens (tertiary/aromatic N) is 5.